The molecule has 1 aromatic heterocycles. The first kappa shape index (κ1) is 26.6. The summed E-state index contributed by atoms with van der Waals surface area (Å²) >= 11 is 12.2. The van der Waals surface area contributed by atoms with Crippen molar-refractivity contribution in [2.24, 2.45) is 5.92 Å². The zero-order valence-electron chi connectivity index (χ0n) is 21.0. The van der Waals surface area contributed by atoms with Gasteiger partial charge in [0.05, 0.1) is 11.4 Å². The number of fused-ring (bicyclic) bond motifs is 1. The molecular weight excluding hydrogens is 519 g/mol. The number of pyridine rings is 1. The average molecular weight is 549 g/mol. The van der Waals surface area contributed by atoms with Crippen LogP contribution in [0.5, 0.6) is 5.75 Å². The van der Waals surface area contributed by atoms with Crippen molar-refractivity contribution in [3.8, 4) is 5.75 Å². The molecule has 1 atom stereocenters. The highest BCUT2D eigenvalue weighted by Gasteiger charge is 2.32. The third-order valence-corrected chi connectivity index (χ3v) is 7.69. The van der Waals surface area contributed by atoms with Gasteiger partial charge in [-0.05, 0) is 85.6 Å². The van der Waals surface area contributed by atoms with Crippen molar-refractivity contribution in [3.05, 3.63) is 106 Å². The van der Waals surface area contributed by atoms with Crippen molar-refractivity contribution in [1.82, 2.24) is 9.88 Å². The number of carbonyl (C=O) groups excluding carboxylic acids is 1. The summed E-state index contributed by atoms with van der Waals surface area (Å²) in [7, 11) is 0. The molecule has 1 fully saturated rings. The number of hydrogen-bond donors (Lipinski definition) is 1. The first-order valence-corrected chi connectivity index (χ1v) is 13.6. The molecule has 4 aromatic rings. The molecule has 0 bridgehead atoms. The fourth-order valence-electron chi connectivity index (χ4n) is 5.20. The number of likely N-dealkylation sites (tertiary alicyclic amines) is 1. The van der Waals surface area contributed by atoms with Crippen molar-refractivity contribution in [1.29, 1.82) is 0 Å². The molecule has 1 saturated heterocycles. The normalized spacial score (nSPS) is 15.6. The SMILES string of the molecule is O=C(C1CCN(CC(O)COc2cccc3ncccc23)CC1)C(c1ccc(Cl)cc1)c1ccc(Cl)cc1. The molecule has 0 spiro atoms. The summed E-state index contributed by atoms with van der Waals surface area (Å²) in [6.07, 6.45) is 2.62. The molecule has 1 aliphatic rings. The summed E-state index contributed by atoms with van der Waals surface area (Å²) in [4.78, 5) is 20.4. The first-order chi connectivity index (χ1) is 18.5. The second-order valence-electron chi connectivity index (χ2n) is 9.80. The lowest BCUT2D eigenvalue weighted by Gasteiger charge is -2.34. The summed E-state index contributed by atoms with van der Waals surface area (Å²) in [5.41, 5.74) is 2.72. The lowest BCUT2D eigenvalue weighted by molar-refractivity contribution is -0.125. The monoisotopic (exact) mass is 548 g/mol. The van der Waals surface area contributed by atoms with Crippen LogP contribution in [0.15, 0.2) is 85.1 Å². The number of benzene rings is 3. The predicted molar refractivity (Wildman–Crippen MR) is 152 cm³/mol. The first-order valence-electron chi connectivity index (χ1n) is 12.9. The Bertz CT molecular complexity index is 1320. The number of hydrogen-bond acceptors (Lipinski definition) is 5. The number of β-amino-alcohol motifs (C(OH)–C–C–N with tert-alkyl or cyclic N) is 1. The summed E-state index contributed by atoms with van der Waals surface area (Å²) in [5, 5.41) is 12.9. The number of Topliss-reactive ketones (excluding diaryl/α,β-unsaturated/α-hetero) is 1. The maximum absolute atomic E-state index is 13.8. The topological polar surface area (TPSA) is 62.7 Å². The molecule has 5 nitrogen and oxygen atoms in total. The molecule has 38 heavy (non-hydrogen) atoms. The molecule has 2 heterocycles. The van der Waals surface area contributed by atoms with Crippen molar-refractivity contribution in [2.45, 2.75) is 24.9 Å². The molecule has 5 rings (SSSR count). The number of piperidine rings is 1. The van der Waals surface area contributed by atoms with Crippen LogP contribution in [0, 0.1) is 5.92 Å². The highest BCUT2D eigenvalue weighted by molar-refractivity contribution is 6.30. The van der Waals surface area contributed by atoms with E-state index in [1.807, 2.05) is 78.9 Å². The number of aliphatic hydroxyl groups excluding tert-OH is 1. The minimum atomic E-state index is -0.634. The molecule has 3 aromatic carbocycles. The van der Waals surface area contributed by atoms with Crippen molar-refractivity contribution >= 4 is 39.9 Å². The number of aliphatic hydroxyl groups is 1. The molecule has 1 aliphatic heterocycles. The third kappa shape index (κ3) is 6.36. The van der Waals surface area contributed by atoms with E-state index in [9.17, 15) is 9.90 Å². The number of halogens is 2. The molecule has 1 N–H and O–H groups in total. The van der Waals surface area contributed by atoms with Crippen LogP contribution >= 0.6 is 23.2 Å². The highest BCUT2D eigenvalue weighted by atomic mass is 35.5. The standard InChI is InChI=1S/C31H30Cl2N2O3/c32-24-10-6-21(7-11-24)30(22-8-12-25(33)13-9-22)31(37)23-14-17-35(18-15-23)19-26(36)20-38-29-5-1-4-28-27(29)3-2-16-34-28/h1-13,16,23,26,30,36H,14-15,17-20H2. The minimum absolute atomic E-state index is 0.0563. The van der Waals surface area contributed by atoms with Crippen LogP contribution in [0.2, 0.25) is 10.0 Å². The Labute approximate surface area is 233 Å². The van der Waals surface area contributed by atoms with Gasteiger partial charge in [0.1, 0.15) is 24.2 Å². The smallest absolute Gasteiger partial charge is 0.147 e. The van der Waals surface area contributed by atoms with Gasteiger partial charge in [0.15, 0.2) is 0 Å². The zero-order chi connectivity index (χ0) is 26.5. The maximum Gasteiger partial charge on any atom is 0.147 e. The van der Waals surface area contributed by atoms with Gasteiger partial charge in [-0.1, -0.05) is 53.5 Å². The summed E-state index contributed by atoms with van der Waals surface area (Å²) in [6.45, 7) is 2.20. The maximum atomic E-state index is 13.8. The van der Waals surface area contributed by atoms with Crippen molar-refractivity contribution < 1.29 is 14.6 Å². The number of ether oxygens (including phenoxy) is 1. The lowest BCUT2D eigenvalue weighted by Crippen LogP contribution is -2.42. The van der Waals surface area contributed by atoms with E-state index in [0.29, 0.717) is 16.6 Å². The molecule has 0 radical (unpaired) electrons. The van der Waals surface area contributed by atoms with Gasteiger partial charge < -0.3 is 14.7 Å². The number of aromatic nitrogens is 1. The fourth-order valence-corrected chi connectivity index (χ4v) is 5.46. The van der Waals surface area contributed by atoms with E-state index in [2.05, 4.69) is 9.88 Å². The number of carbonyl (C=O) groups is 1. The molecule has 196 valence electrons. The Kier molecular flexibility index (Phi) is 8.60. The quantitative estimate of drug-likeness (QED) is 0.262. The van der Waals surface area contributed by atoms with Crippen LogP contribution in [-0.4, -0.2) is 53.1 Å². The summed E-state index contributed by atoms with van der Waals surface area (Å²) in [6, 6.07) is 24.6. The predicted octanol–water partition coefficient (Wildman–Crippen LogP) is 6.39. The van der Waals surface area contributed by atoms with E-state index in [4.69, 9.17) is 27.9 Å². The van der Waals surface area contributed by atoms with Gasteiger partial charge in [0, 0.05) is 34.1 Å². The van der Waals surface area contributed by atoms with E-state index in [1.54, 1.807) is 6.20 Å². The fraction of sp³-hybridized carbons (Fsp3) is 0.290. The van der Waals surface area contributed by atoms with Crippen molar-refractivity contribution in [2.75, 3.05) is 26.2 Å². The number of nitrogens with zero attached hydrogens (tertiary/aromatic N) is 2. The van der Waals surface area contributed by atoms with Gasteiger partial charge in [-0.3, -0.25) is 9.78 Å². The Morgan fingerprint density at radius 3 is 2.18 bits per heavy atom. The molecule has 1 unspecified atom stereocenters. The van der Waals surface area contributed by atoms with E-state index in [1.165, 1.54) is 0 Å². The number of rotatable bonds is 9. The van der Waals surface area contributed by atoms with E-state index in [0.717, 1.165) is 53.7 Å². The second kappa shape index (κ2) is 12.3. The Hall–Kier alpha value is -2.96. The van der Waals surface area contributed by atoms with Crippen LogP contribution in [0.25, 0.3) is 10.9 Å². The summed E-state index contributed by atoms with van der Waals surface area (Å²) in [5.74, 6) is 0.506. The van der Waals surface area contributed by atoms with Crippen LogP contribution in [0.4, 0.5) is 0 Å². The van der Waals surface area contributed by atoms with Crippen LogP contribution in [0.3, 0.4) is 0 Å². The van der Waals surface area contributed by atoms with Gasteiger partial charge in [0.25, 0.3) is 0 Å². The Balaban J connectivity index is 1.18. The molecule has 0 amide bonds. The third-order valence-electron chi connectivity index (χ3n) is 7.19. The lowest BCUT2D eigenvalue weighted by atomic mass is 9.79. The Morgan fingerprint density at radius 1 is 0.921 bits per heavy atom. The highest BCUT2D eigenvalue weighted by Crippen LogP contribution is 2.33. The van der Waals surface area contributed by atoms with Crippen LogP contribution < -0.4 is 4.74 Å². The zero-order valence-corrected chi connectivity index (χ0v) is 22.5. The van der Waals surface area contributed by atoms with Gasteiger partial charge in [-0.15, -0.1) is 0 Å². The van der Waals surface area contributed by atoms with Gasteiger partial charge in [-0.2, -0.15) is 0 Å². The Morgan fingerprint density at radius 2 is 1.55 bits per heavy atom. The van der Waals surface area contributed by atoms with E-state index in [-0.39, 0.29) is 24.2 Å². The molecule has 0 aliphatic carbocycles. The molecule has 7 heteroatoms. The van der Waals surface area contributed by atoms with Gasteiger partial charge in [-0.25, -0.2) is 0 Å². The van der Waals surface area contributed by atoms with Crippen molar-refractivity contribution in [3.63, 3.8) is 0 Å². The van der Waals surface area contributed by atoms with E-state index >= 15 is 0 Å². The van der Waals surface area contributed by atoms with Gasteiger partial charge in [0.2, 0.25) is 0 Å². The van der Waals surface area contributed by atoms with Crippen LogP contribution in [0.1, 0.15) is 29.9 Å². The van der Waals surface area contributed by atoms with Crippen LogP contribution in [-0.2, 0) is 4.79 Å². The number of ketones is 1. The molecular formula is C31H30Cl2N2O3. The average Bonchev–Trinajstić information content (AvgIpc) is 2.94. The molecule has 0 saturated carbocycles. The van der Waals surface area contributed by atoms with E-state index < -0.39 is 6.10 Å². The second-order valence-corrected chi connectivity index (χ2v) is 10.7. The summed E-state index contributed by atoms with van der Waals surface area (Å²) < 4.78 is 5.94. The minimum Gasteiger partial charge on any atom is -0.490 e. The largest absolute Gasteiger partial charge is 0.490 e. The van der Waals surface area contributed by atoms with Gasteiger partial charge >= 0.3 is 0 Å².